The summed E-state index contributed by atoms with van der Waals surface area (Å²) in [6, 6.07) is 12.6. The Morgan fingerprint density at radius 2 is 1.97 bits per heavy atom. The number of H-pyrrole nitrogens is 1. The number of ether oxygens (including phenoxy) is 1. The molecular formula is C19H19BrN4O4S. The van der Waals surface area contributed by atoms with Crippen LogP contribution in [0.3, 0.4) is 0 Å². The molecule has 2 aromatic heterocycles. The number of rotatable bonds is 7. The third-order valence-electron chi connectivity index (χ3n) is 4.22. The summed E-state index contributed by atoms with van der Waals surface area (Å²) in [7, 11) is 1.49. The number of anilines is 2. The molecule has 0 saturated carbocycles. The number of aromatic nitrogens is 2. The van der Waals surface area contributed by atoms with E-state index in [1.807, 2.05) is 30.3 Å². The lowest BCUT2D eigenvalue weighted by atomic mass is 10.2. The SMILES string of the molecule is COCCN(C(=O)c1ccc(Br)s1)c1c(N)n(Cc2ccccc2)c(=O)[nH]c1=O. The van der Waals surface area contributed by atoms with Gasteiger partial charge < -0.3 is 10.5 Å². The van der Waals surface area contributed by atoms with Crippen molar-refractivity contribution < 1.29 is 9.53 Å². The molecule has 0 aliphatic carbocycles. The Balaban J connectivity index is 2.09. The van der Waals surface area contributed by atoms with Crippen LogP contribution in [0.15, 0.2) is 55.8 Å². The van der Waals surface area contributed by atoms with Gasteiger partial charge in [-0.15, -0.1) is 11.3 Å². The fraction of sp³-hybridized carbons (Fsp3) is 0.211. The molecule has 0 unspecified atom stereocenters. The average molecular weight is 479 g/mol. The van der Waals surface area contributed by atoms with E-state index in [9.17, 15) is 14.4 Å². The van der Waals surface area contributed by atoms with E-state index in [1.54, 1.807) is 12.1 Å². The first-order valence-corrected chi connectivity index (χ1v) is 10.3. The fourth-order valence-electron chi connectivity index (χ4n) is 2.82. The van der Waals surface area contributed by atoms with Crippen LogP contribution in [0.5, 0.6) is 0 Å². The number of carbonyl (C=O) groups excluding carboxylic acids is 1. The molecule has 0 bridgehead atoms. The molecule has 8 nitrogen and oxygen atoms in total. The van der Waals surface area contributed by atoms with Gasteiger partial charge in [-0.2, -0.15) is 0 Å². The number of halogens is 1. The molecule has 1 amide bonds. The van der Waals surface area contributed by atoms with E-state index in [0.717, 1.165) is 9.35 Å². The molecule has 0 aliphatic heterocycles. The van der Waals surface area contributed by atoms with Gasteiger partial charge in [-0.1, -0.05) is 30.3 Å². The minimum absolute atomic E-state index is 0.0768. The molecule has 1 aromatic carbocycles. The second-order valence-corrected chi connectivity index (χ2v) is 8.58. The summed E-state index contributed by atoms with van der Waals surface area (Å²) in [6.07, 6.45) is 0. The number of aromatic amines is 1. The second kappa shape index (κ2) is 9.21. The lowest BCUT2D eigenvalue weighted by Crippen LogP contribution is -2.42. The smallest absolute Gasteiger partial charge is 0.330 e. The molecule has 0 aliphatic rings. The van der Waals surface area contributed by atoms with E-state index in [2.05, 4.69) is 20.9 Å². The highest BCUT2D eigenvalue weighted by atomic mass is 79.9. The van der Waals surface area contributed by atoms with Crippen LogP contribution in [0, 0.1) is 0 Å². The predicted molar refractivity (Wildman–Crippen MR) is 117 cm³/mol. The number of hydrogen-bond donors (Lipinski definition) is 2. The van der Waals surface area contributed by atoms with Gasteiger partial charge in [0, 0.05) is 13.7 Å². The van der Waals surface area contributed by atoms with Crippen LogP contribution in [0.25, 0.3) is 0 Å². The molecule has 3 N–H and O–H groups in total. The third-order valence-corrected chi connectivity index (χ3v) is 5.83. The molecule has 3 aromatic rings. The van der Waals surface area contributed by atoms with E-state index in [1.165, 1.54) is 27.9 Å². The van der Waals surface area contributed by atoms with E-state index in [4.69, 9.17) is 10.5 Å². The summed E-state index contributed by atoms with van der Waals surface area (Å²) in [6.45, 7) is 0.447. The van der Waals surface area contributed by atoms with Gasteiger partial charge in [-0.05, 0) is 33.6 Å². The van der Waals surface area contributed by atoms with Crippen molar-refractivity contribution in [3.8, 4) is 0 Å². The largest absolute Gasteiger partial charge is 0.383 e. The molecular weight excluding hydrogens is 460 g/mol. The number of nitrogen functional groups attached to an aromatic ring is 1. The van der Waals surface area contributed by atoms with Gasteiger partial charge in [0.05, 0.1) is 21.8 Å². The van der Waals surface area contributed by atoms with Crippen molar-refractivity contribution in [3.05, 3.63) is 77.5 Å². The Kier molecular flexibility index (Phi) is 6.68. The van der Waals surface area contributed by atoms with Crippen molar-refractivity contribution >= 4 is 44.7 Å². The lowest BCUT2D eigenvalue weighted by molar-refractivity contribution is 0.0979. The molecule has 10 heteroatoms. The van der Waals surface area contributed by atoms with Gasteiger partial charge in [0.15, 0.2) is 5.69 Å². The van der Waals surface area contributed by atoms with Crippen LogP contribution in [0.2, 0.25) is 0 Å². The Morgan fingerprint density at radius 1 is 1.24 bits per heavy atom. The zero-order valence-electron chi connectivity index (χ0n) is 15.6. The number of thiophene rings is 1. The summed E-state index contributed by atoms with van der Waals surface area (Å²) in [4.78, 5) is 42.0. The summed E-state index contributed by atoms with van der Waals surface area (Å²) in [5, 5.41) is 0. The first-order chi connectivity index (χ1) is 13.9. The molecule has 29 heavy (non-hydrogen) atoms. The fourth-order valence-corrected chi connectivity index (χ4v) is 4.16. The average Bonchev–Trinajstić information content (AvgIpc) is 3.14. The minimum Gasteiger partial charge on any atom is -0.383 e. The van der Waals surface area contributed by atoms with Gasteiger partial charge in [0.1, 0.15) is 5.82 Å². The molecule has 0 saturated heterocycles. The highest BCUT2D eigenvalue weighted by Gasteiger charge is 2.26. The maximum absolute atomic E-state index is 13.1. The van der Waals surface area contributed by atoms with Gasteiger partial charge in [-0.25, -0.2) is 4.79 Å². The van der Waals surface area contributed by atoms with Crippen molar-refractivity contribution in [1.82, 2.24) is 9.55 Å². The van der Waals surface area contributed by atoms with Gasteiger partial charge in [-0.3, -0.25) is 24.0 Å². The quantitative estimate of drug-likeness (QED) is 0.541. The number of amides is 1. The number of carbonyl (C=O) groups is 1. The van der Waals surface area contributed by atoms with Crippen LogP contribution in [-0.4, -0.2) is 35.7 Å². The van der Waals surface area contributed by atoms with Crippen LogP contribution >= 0.6 is 27.3 Å². The highest BCUT2D eigenvalue weighted by Crippen LogP contribution is 2.26. The van der Waals surface area contributed by atoms with E-state index >= 15 is 0 Å². The van der Waals surface area contributed by atoms with Gasteiger partial charge in [0.25, 0.3) is 11.5 Å². The monoisotopic (exact) mass is 478 g/mol. The molecule has 0 atom stereocenters. The van der Waals surface area contributed by atoms with Crippen molar-refractivity contribution in [2.45, 2.75) is 6.54 Å². The summed E-state index contributed by atoms with van der Waals surface area (Å²) >= 11 is 4.57. The molecule has 0 radical (unpaired) electrons. The highest BCUT2D eigenvalue weighted by molar-refractivity contribution is 9.11. The maximum atomic E-state index is 13.1. The zero-order chi connectivity index (χ0) is 21.0. The standard InChI is InChI=1S/C19H19BrN4O4S/c1-28-10-9-23(18(26)13-7-8-14(20)29-13)15-16(21)24(19(27)22-17(15)25)11-12-5-3-2-4-6-12/h2-8H,9-11,21H2,1H3,(H,22,25,27). The van der Waals surface area contributed by atoms with Crippen molar-refractivity contribution in [2.75, 3.05) is 30.9 Å². The topological polar surface area (TPSA) is 110 Å². The second-order valence-electron chi connectivity index (χ2n) is 6.12. The number of nitrogens with zero attached hydrogens (tertiary/aromatic N) is 2. The third kappa shape index (κ3) is 4.66. The van der Waals surface area contributed by atoms with Crippen molar-refractivity contribution in [2.24, 2.45) is 0 Å². The van der Waals surface area contributed by atoms with E-state index in [-0.39, 0.29) is 31.2 Å². The molecule has 0 fully saturated rings. The number of nitrogens with two attached hydrogens (primary N) is 1. The number of nitrogens with one attached hydrogen (secondary N) is 1. The Bertz CT molecular complexity index is 1120. The van der Waals surface area contributed by atoms with Crippen LogP contribution < -0.4 is 21.9 Å². The summed E-state index contributed by atoms with van der Waals surface area (Å²) in [5.41, 5.74) is 5.62. The van der Waals surface area contributed by atoms with Crippen LogP contribution in [0.4, 0.5) is 11.5 Å². The Morgan fingerprint density at radius 3 is 2.59 bits per heavy atom. The first kappa shape index (κ1) is 21.0. The lowest BCUT2D eigenvalue weighted by Gasteiger charge is -2.23. The van der Waals surface area contributed by atoms with Gasteiger partial charge >= 0.3 is 5.69 Å². The number of methoxy groups -OCH3 is 1. The summed E-state index contributed by atoms with van der Waals surface area (Å²) < 4.78 is 7.11. The molecule has 3 rings (SSSR count). The normalized spacial score (nSPS) is 10.8. The molecule has 2 heterocycles. The number of hydrogen-bond acceptors (Lipinski definition) is 6. The first-order valence-electron chi connectivity index (χ1n) is 8.65. The predicted octanol–water partition coefficient (Wildman–Crippen LogP) is 2.28. The van der Waals surface area contributed by atoms with Crippen LogP contribution in [-0.2, 0) is 11.3 Å². The van der Waals surface area contributed by atoms with Crippen molar-refractivity contribution in [1.29, 1.82) is 0 Å². The Hall–Kier alpha value is -2.69. The summed E-state index contributed by atoms with van der Waals surface area (Å²) in [5.74, 6) is -0.484. The van der Waals surface area contributed by atoms with Gasteiger partial charge in [0.2, 0.25) is 0 Å². The zero-order valence-corrected chi connectivity index (χ0v) is 18.0. The van der Waals surface area contributed by atoms with Crippen LogP contribution in [0.1, 0.15) is 15.2 Å². The molecule has 152 valence electrons. The molecule has 0 spiro atoms. The van der Waals surface area contributed by atoms with E-state index < -0.39 is 17.2 Å². The minimum atomic E-state index is -0.725. The maximum Gasteiger partial charge on any atom is 0.330 e. The number of benzene rings is 1. The van der Waals surface area contributed by atoms with E-state index in [0.29, 0.717) is 4.88 Å². The Labute approximate surface area is 178 Å². The van der Waals surface area contributed by atoms with Crippen molar-refractivity contribution in [3.63, 3.8) is 0 Å².